The number of aryl methyl sites for hydroxylation is 1. The smallest absolute Gasteiger partial charge is 0.367 e. The van der Waals surface area contributed by atoms with Gasteiger partial charge in [0, 0.05) is 5.69 Å². The van der Waals surface area contributed by atoms with Crippen molar-refractivity contribution in [3.63, 3.8) is 0 Å². The third-order valence-corrected chi connectivity index (χ3v) is 3.58. The molecule has 1 amide bonds. The summed E-state index contributed by atoms with van der Waals surface area (Å²) in [5, 5.41) is 2.99. The highest BCUT2D eigenvalue weighted by atomic mass is 19.4. The van der Waals surface area contributed by atoms with Gasteiger partial charge in [-0.2, -0.15) is 13.2 Å². The van der Waals surface area contributed by atoms with Gasteiger partial charge in [-0.25, -0.2) is 0 Å². The molecule has 1 aliphatic rings. The number of rotatable bonds is 1. The summed E-state index contributed by atoms with van der Waals surface area (Å²) in [4.78, 5) is 13.7. The zero-order valence-corrected chi connectivity index (χ0v) is 11.7. The van der Waals surface area contributed by atoms with Gasteiger partial charge in [0.15, 0.2) is 0 Å². The first-order valence-electron chi connectivity index (χ1n) is 6.70. The van der Waals surface area contributed by atoms with E-state index >= 15 is 0 Å². The van der Waals surface area contributed by atoms with E-state index in [0.717, 1.165) is 16.5 Å². The topological polar surface area (TPSA) is 32.3 Å². The molecule has 114 valence electrons. The van der Waals surface area contributed by atoms with Gasteiger partial charge in [-0.05, 0) is 31.2 Å². The van der Waals surface area contributed by atoms with Crippen LogP contribution in [0.2, 0.25) is 0 Å². The molecule has 1 heterocycles. The minimum Gasteiger partial charge on any atom is -0.367 e. The van der Waals surface area contributed by atoms with Crippen LogP contribution in [0.4, 0.5) is 24.5 Å². The molecule has 6 heteroatoms. The molecular formula is C16H13F3N2O. The quantitative estimate of drug-likeness (QED) is 0.862. The fraction of sp³-hybridized carbons (Fsp3) is 0.188. The van der Waals surface area contributed by atoms with Crippen molar-refractivity contribution in [3.05, 3.63) is 59.2 Å². The molecule has 0 radical (unpaired) electrons. The lowest BCUT2D eigenvalue weighted by Crippen LogP contribution is -2.41. The minimum atomic E-state index is -4.51. The van der Waals surface area contributed by atoms with E-state index in [1.807, 2.05) is 13.0 Å². The van der Waals surface area contributed by atoms with Crippen LogP contribution in [0, 0.1) is 6.92 Å². The molecule has 0 aliphatic carbocycles. The van der Waals surface area contributed by atoms with Crippen LogP contribution in [0.1, 0.15) is 21.5 Å². The molecule has 0 aromatic heterocycles. The summed E-state index contributed by atoms with van der Waals surface area (Å²) in [6, 6.07) is 10.4. The number of carbonyl (C=O) groups excluding carboxylic acids is 1. The van der Waals surface area contributed by atoms with Gasteiger partial charge in [-0.15, -0.1) is 0 Å². The molecule has 0 bridgehead atoms. The van der Waals surface area contributed by atoms with Crippen LogP contribution in [0.15, 0.2) is 42.5 Å². The first kappa shape index (κ1) is 14.4. The maximum Gasteiger partial charge on any atom is 0.418 e. The van der Waals surface area contributed by atoms with Gasteiger partial charge in [0.05, 0.1) is 23.5 Å². The van der Waals surface area contributed by atoms with E-state index in [1.54, 1.807) is 12.1 Å². The number of halogens is 3. The van der Waals surface area contributed by atoms with Gasteiger partial charge < -0.3 is 5.32 Å². The van der Waals surface area contributed by atoms with Crippen LogP contribution in [0.25, 0.3) is 0 Å². The average molecular weight is 306 g/mol. The first-order chi connectivity index (χ1) is 10.4. The molecule has 1 N–H and O–H groups in total. The first-order valence-corrected chi connectivity index (χ1v) is 6.70. The van der Waals surface area contributed by atoms with Crippen LogP contribution >= 0.6 is 0 Å². The van der Waals surface area contributed by atoms with Crippen LogP contribution < -0.4 is 10.2 Å². The molecule has 3 rings (SSSR count). The lowest BCUT2D eigenvalue weighted by Gasteiger charge is -2.31. The fourth-order valence-corrected chi connectivity index (χ4v) is 2.51. The Bertz CT molecular complexity index is 740. The standard InChI is InChI=1S/C16H13F3N2O/c1-10-6-7-13-11(8-10)15(22)21(9-20-13)14-5-3-2-4-12(14)16(17,18)19/h2-8,20H,9H2,1H3. The molecule has 0 saturated carbocycles. The second kappa shape index (κ2) is 5.05. The zero-order chi connectivity index (χ0) is 15.9. The fourth-order valence-electron chi connectivity index (χ4n) is 2.51. The van der Waals surface area contributed by atoms with Crippen molar-refractivity contribution in [3.8, 4) is 0 Å². The SMILES string of the molecule is Cc1ccc2c(c1)C(=O)N(c1ccccc1C(F)(F)F)CN2. The summed E-state index contributed by atoms with van der Waals surface area (Å²) < 4.78 is 39.4. The van der Waals surface area contributed by atoms with Crippen molar-refractivity contribution in [2.24, 2.45) is 0 Å². The number of para-hydroxylation sites is 1. The summed E-state index contributed by atoms with van der Waals surface area (Å²) in [6.07, 6.45) is -4.51. The Kier molecular flexibility index (Phi) is 3.31. The Hall–Kier alpha value is -2.50. The van der Waals surface area contributed by atoms with E-state index in [0.29, 0.717) is 11.3 Å². The number of anilines is 2. The number of benzene rings is 2. The summed E-state index contributed by atoms with van der Waals surface area (Å²) in [5.74, 6) is -0.436. The predicted octanol–water partition coefficient (Wildman–Crippen LogP) is 4.04. The van der Waals surface area contributed by atoms with Gasteiger partial charge in [-0.3, -0.25) is 9.69 Å². The number of carbonyl (C=O) groups is 1. The largest absolute Gasteiger partial charge is 0.418 e. The van der Waals surface area contributed by atoms with Crippen LogP contribution in [0.3, 0.4) is 0 Å². The van der Waals surface area contributed by atoms with Gasteiger partial charge in [0.2, 0.25) is 0 Å². The van der Waals surface area contributed by atoms with Crippen molar-refractivity contribution >= 4 is 17.3 Å². The van der Waals surface area contributed by atoms with Crippen molar-refractivity contribution in [2.45, 2.75) is 13.1 Å². The molecule has 0 atom stereocenters. The van der Waals surface area contributed by atoms with E-state index in [1.165, 1.54) is 18.2 Å². The third kappa shape index (κ3) is 2.41. The van der Waals surface area contributed by atoms with Crippen LogP contribution in [-0.2, 0) is 6.18 Å². The lowest BCUT2D eigenvalue weighted by atomic mass is 10.0. The van der Waals surface area contributed by atoms with Crippen molar-refractivity contribution in [1.82, 2.24) is 0 Å². The molecule has 2 aromatic carbocycles. The summed E-state index contributed by atoms with van der Waals surface area (Å²) in [5.41, 5.74) is 0.931. The van der Waals surface area contributed by atoms with Crippen LogP contribution in [-0.4, -0.2) is 12.6 Å². The van der Waals surface area contributed by atoms with Gasteiger partial charge in [-0.1, -0.05) is 23.8 Å². The highest BCUT2D eigenvalue weighted by Gasteiger charge is 2.37. The van der Waals surface area contributed by atoms with E-state index in [2.05, 4.69) is 5.32 Å². The van der Waals surface area contributed by atoms with Gasteiger partial charge >= 0.3 is 6.18 Å². The third-order valence-electron chi connectivity index (χ3n) is 3.58. The van der Waals surface area contributed by atoms with Crippen LogP contribution in [0.5, 0.6) is 0 Å². The van der Waals surface area contributed by atoms with E-state index in [9.17, 15) is 18.0 Å². The number of nitrogens with one attached hydrogen (secondary N) is 1. The molecule has 3 nitrogen and oxygen atoms in total. The van der Waals surface area contributed by atoms with E-state index in [4.69, 9.17) is 0 Å². The highest BCUT2D eigenvalue weighted by molar-refractivity contribution is 6.11. The summed E-state index contributed by atoms with van der Waals surface area (Å²) >= 11 is 0. The number of nitrogens with zero attached hydrogens (tertiary/aromatic N) is 1. The Labute approximate surface area is 125 Å². The number of alkyl halides is 3. The lowest BCUT2D eigenvalue weighted by molar-refractivity contribution is -0.137. The van der Waals surface area contributed by atoms with Gasteiger partial charge in [0.25, 0.3) is 5.91 Å². The Morgan fingerprint density at radius 3 is 2.59 bits per heavy atom. The average Bonchev–Trinajstić information content (AvgIpc) is 2.47. The number of amides is 1. The van der Waals surface area contributed by atoms with Gasteiger partial charge in [0.1, 0.15) is 0 Å². The number of fused-ring (bicyclic) bond motifs is 1. The summed E-state index contributed by atoms with van der Waals surface area (Å²) in [7, 11) is 0. The maximum atomic E-state index is 13.1. The molecule has 2 aromatic rings. The number of hydrogen-bond donors (Lipinski definition) is 1. The molecule has 0 fully saturated rings. The van der Waals surface area contributed by atoms with E-state index < -0.39 is 17.6 Å². The summed E-state index contributed by atoms with van der Waals surface area (Å²) in [6.45, 7) is 1.83. The highest BCUT2D eigenvalue weighted by Crippen LogP contribution is 2.38. The van der Waals surface area contributed by atoms with E-state index in [-0.39, 0.29) is 12.4 Å². The molecule has 1 aliphatic heterocycles. The second-order valence-corrected chi connectivity index (χ2v) is 5.13. The molecule has 0 unspecified atom stereocenters. The molecule has 0 saturated heterocycles. The molecule has 22 heavy (non-hydrogen) atoms. The Morgan fingerprint density at radius 2 is 1.86 bits per heavy atom. The predicted molar refractivity (Wildman–Crippen MR) is 77.9 cm³/mol. The van der Waals surface area contributed by atoms with Crippen molar-refractivity contribution in [1.29, 1.82) is 0 Å². The van der Waals surface area contributed by atoms with Crippen molar-refractivity contribution < 1.29 is 18.0 Å². The normalized spacial score (nSPS) is 14.5. The molecular weight excluding hydrogens is 293 g/mol. The second-order valence-electron chi connectivity index (χ2n) is 5.13. The number of hydrogen-bond acceptors (Lipinski definition) is 2. The van der Waals surface area contributed by atoms with Crippen molar-refractivity contribution in [2.75, 3.05) is 16.9 Å². The zero-order valence-electron chi connectivity index (χ0n) is 11.7. The minimum absolute atomic E-state index is 0.00197. The Balaban J connectivity index is 2.07. The molecule has 0 spiro atoms. The Morgan fingerprint density at radius 1 is 1.14 bits per heavy atom. The maximum absolute atomic E-state index is 13.1. The monoisotopic (exact) mass is 306 g/mol.